The highest BCUT2D eigenvalue weighted by molar-refractivity contribution is 5.75. The van der Waals surface area contributed by atoms with Crippen LogP contribution in [0.15, 0.2) is 18.2 Å². The molecule has 112 valence electrons. The van der Waals surface area contributed by atoms with Crippen molar-refractivity contribution in [1.82, 2.24) is 0 Å². The van der Waals surface area contributed by atoms with Crippen molar-refractivity contribution in [3.05, 3.63) is 33.9 Å². The van der Waals surface area contributed by atoms with Gasteiger partial charge >= 0.3 is 5.97 Å². The number of carbonyl (C=O) groups is 1. The quantitative estimate of drug-likeness (QED) is 0.589. The molecule has 0 unspecified atom stereocenters. The fourth-order valence-electron chi connectivity index (χ4n) is 2.04. The van der Waals surface area contributed by atoms with Gasteiger partial charge in [0.2, 0.25) is 0 Å². The molecule has 0 fully saturated rings. The lowest BCUT2D eigenvalue weighted by atomic mass is 9.82. The Morgan fingerprint density at radius 1 is 1.48 bits per heavy atom. The highest BCUT2D eigenvalue weighted by Gasteiger charge is 2.34. The number of carboxylic acid groups (broad SMARTS) is 1. The first-order chi connectivity index (χ1) is 9.90. The molecule has 0 aliphatic carbocycles. The summed E-state index contributed by atoms with van der Waals surface area (Å²) in [6.07, 6.45) is 0.897. The zero-order valence-electron chi connectivity index (χ0n) is 11.9. The van der Waals surface area contributed by atoms with Crippen LogP contribution >= 0.6 is 0 Å². The van der Waals surface area contributed by atoms with Crippen LogP contribution in [0.25, 0.3) is 0 Å². The minimum Gasteiger partial charge on any atom is -0.481 e. The minimum absolute atomic E-state index is 0.0268. The third kappa shape index (κ3) is 3.48. The molecule has 0 spiro atoms. The Morgan fingerprint density at radius 2 is 2.10 bits per heavy atom. The van der Waals surface area contributed by atoms with Gasteiger partial charge in [0, 0.05) is 18.3 Å². The standard InChI is InChI=1S/C14H17N3O4/c1-3-14(4-2,13(18)19)9-16-11-6-5-10(8-15)12(7-11)17(20)21/h5-7,16H,3-4,9H2,1-2H3,(H,18,19). The molecule has 0 heterocycles. The predicted octanol–water partition coefficient (Wildman–Crippen LogP) is 2.77. The van der Waals surface area contributed by atoms with Crippen molar-refractivity contribution in [1.29, 1.82) is 5.26 Å². The molecule has 0 amide bonds. The van der Waals surface area contributed by atoms with Crippen LogP contribution < -0.4 is 5.32 Å². The van der Waals surface area contributed by atoms with Crippen molar-refractivity contribution in [3.8, 4) is 6.07 Å². The van der Waals surface area contributed by atoms with Crippen molar-refractivity contribution < 1.29 is 14.8 Å². The Kier molecular flexibility index (Phi) is 5.24. The Morgan fingerprint density at radius 3 is 2.52 bits per heavy atom. The number of aliphatic carboxylic acids is 1. The molecule has 0 bridgehead atoms. The van der Waals surface area contributed by atoms with E-state index in [2.05, 4.69) is 5.32 Å². The SMILES string of the molecule is CCC(CC)(CNc1ccc(C#N)c([N+](=O)[O-])c1)C(=O)O. The average molecular weight is 291 g/mol. The minimum atomic E-state index is -0.914. The van der Waals surface area contributed by atoms with E-state index in [0.717, 1.165) is 0 Å². The van der Waals surface area contributed by atoms with Crippen molar-refractivity contribution in [2.45, 2.75) is 26.7 Å². The summed E-state index contributed by atoms with van der Waals surface area (Å²) in [6.45, 7) is 3.75. The normalized spacial score (nSPS) is 10.7. The Bertz CT molecular complexity index is 588. The topological polar surface area (TPSA) is 116 Å². The molecule has 0 saturated carbocycles. The summed E-state index contributed by atoms with van der Waals surface area (Å²) in [5, 5.41) is 32.0. The molecule has 1 aromatic carbocycles. The zero-order valence-corrected chi connectivity index (χ0v) is 11.9. The first kappa shape index (κ1) is 16.4. The smallest absolute Gasteiger partial charge is 0.311 e. The first-order valence-corrected chi connectivity index (χ1v) is 6.56. The highest BCUT2D eigenvalue weighted by Crippen LogP contribution is 2.28. The van der Waals surface area contributed by atoms with Crippen molar-refractivity contribution in [3.63, 3.8) is 0 Å². The Balaban J connectivity index is 2.99. The van der Waals surface area contributed by atoms with Gasteiger partial charge in [0.1, 0.15) is 11.6 Å². The van der Waals surface area contributed by atoms with Crippen LogP contribution in [0.3, 0.4) is 0 Å². The molecule has 7 nitrogen and oxygen atoms in total. The number of hydrogen-bond donors (Lipinski definition) is 2. The van der Waals surface area contributed by atoms with Gasteiger partial charge in [-0.2, -0.15) is 5.26 Å². The summed E-state index contributed by atoms with van der Waals surface area (Å²) < 4.78 is 0. The largest absolute Gasteiger partial charge is 0.481 e. The van der Waals surface area contributed by atoms with Crippen LogP contribution in [0.4, 0.5) is 11.4 Å². The summed E-state index contributed by atoms with van der Waals surface area (Å²) >= 11 is 0. The van der Waals surface area contributed by atoms with Gasteiger partial charge in [-0.15, -0.1) is 0 Å². The summed E-state index contributed by atoms with van der Waals surface area (Å²) in [5.74, 6) is -0.900. The van der Waals surface area contributed by atoms with Gasteiger partial charge in [0.05, 0.1) is 10.3 Å². The van der Waals surface area contributed by atoms with Crippen LogP contribution in [-0.4, -0.2) is 22.5 Å². The molecule has 21 heavy (non-hydrogen) atoms. The number of nitro benzene ring substituents is 1. The second-order valence-corrected chi connectivity index (χ2v) is 4.75. The maximum Gasteiger partial charge on any atom is 0.311 e. The molecule has 0 saturated heterocycles. The highest BCUT2D eigenvalue weighted by atomic mass is 16.6. The molecule has 0 atom stereocenters. The fourth-order valence-corrected chi connectivity index (χ4v) is 2.04. The van der Waals surface area contributed by atoms with Crippen LogP contribution in [0.1, 0.15) is 32.3 Å². The molecule has 0 aliphatic heterocycles. The number of benzene rings is 1. The van der Waals surface area contributed by atoms with Crippen LogP contribution in [0.5, 0.6) is 0 Å². The maximum absolute atomic E-state index is 11.4. The van der Waals surface area contributed by atoms with Gasteiger partial charge in [0.15, 0.2) is 0 Å². The Hall–Kier alpha value is -2.62. The lowest BCUT2D eigenvalue weighted by molar-refractivity contribution is -0.385. The molecule has 1 aromatic rings. The zero-order chi connectivity index (χ0) is 16.0. The Labute approximate surface area is 122 Å². The summed E-state index contributed by atoms with van der Waals surface area (Å²) in [6, 6.07) is 5.88. The van der Waals surface area contributed by atoms with Crippen LogP contribution in [0, 0.1) is 26.9 Å². The molecule has 0 aromatic heterocycles. The molecule has 0 aliphatic rings. The lowest BCUT2D eigenvalue weighted by Crippen LogP contribution is -2.36. The van der Waals surface area contributed by atoms with E-state index in [1.54, 1.807) is 19.9 Å². The third-order valence-electron chi connectivity index (χ3n) is 3.75. The van der Waals surface area contributed by atoms with Gasteiger partial charge < -0.3 is 10.4 Å². The van der Waals surface area contributed by atoms with Gasteiger partial charge in [-0.25, -0.2) is 0 Å². The number of nitro groups is 1. The van der Waals surface area contributed by atoms with E-state index >= 15 is 0 Å². The first-order valence-electron chi connectivity index (χ1n) is 6.56. The predicted molar refractivity (Wildman–Crippen MR) is 77.0 cm³/mol. The molecular formula is C14H17N3O4. The van der Waals surface area contributed by atoms with E-state index < -0.39 is 16.3 Å². The molecular weight excluding hydrogens is 274 g/mol. The summed E-state index contributed by atoms with van der Waals surface area (Å²) in [4.78, 5) is 21.6. The number of nitriles is 1. The van der Waals surface area contributed by atoms with Gasteiger partial charge in [-0.1, -0.05) is 13.8 Å². The van der Waals surface area contributed by atoms with Gasteiger partial charge in [-0.3, -0.25) is 14.9 Å². The van der Waals surface area contributed by atoms with Crippen molar-refractivity contribution >= 4 is 17.3 Å². The second-order valence-electron chi connectivity index (χ2n) is 4.75. The average Bonchev–Trinajstić information content (AvgIpc) is 2.48. The lowest BCUT2D eigenvalue weighted by Gasteiger charge is -2.27. The molecule has 2 N–H and O–H groups in total. The van der Waals surface area contributed by atoms with Crippen molar-refractivity contribution in [2.24, 2.45) is 5.41 Å². The fraction of sp³-hybridized carbons (Fsp3) is 0.429. The number of carboxylic acids is 1. The number of anilines is 1. The maximum atomic E-state index is 11.4. The van der Waals surface area contributed by atoms with Crippen molar-refractivity contribution in [2.75, 3.05) is 11.9 Å². The van der Waals surface area contributed by atoms with E-state index in [4.69, 9.17) is 5.26 Å². The number of rotatable bonds is 7. The second kappa shape index (κ2) is 6.70. The monoisotopic (exact) mass is 291 g/mol. The molecule has 7 heteroatoms. The van der Waals surface area contributed by atoms with Gasteiger partial charge in [0.25, 0.3) is 5.69 Å². The number of nitrogens with one attached hydrogen (secondary N) is 1. The summed E-state index contributed by atoms with van der Waals surface area (Å²) in [5.41, 5.74) is -0.812. The molecule has 0 radical (unpaired) electrons. The summed E-state index contributed by atoms with van der Waals surface area (Å²) in [7, 11) is 0. The van der Waals surface area contributed by atoms with E-state index in [1.165, 1.54) is 18.2 Å². The van der Waals surface area contributed by atoms with Gasteiger partial charge in [-0.05, 0) is 25.0 Å². The van der Waals surface area contributed by atoms with E-state index in [0.29, 0.717) is 18.5 Å². The molecule has 1 rings (SSSR count). The third-order valence-corrected chi connectivity index (χ3v) is 3.75. The number of nitrogens with zero attached hydrogens (tertiary/aromatic N) is 2. The van der Waals surface area contributed by atoms with Crippen LogP contribution in [0.2, 0.25) is 0 Å². The van der Waals surface area contributed by atoms with E-state index in [9.17, 15) is 20.0 Å². The van der Waals surface area contributed by atoms with E-state index in [1.807, 2.05) is 0 Å². The van der Waals surface area contributed by atoms with E-state index in [-0.39, 0.29) is 17.8 Å². The number of hydrogen-bond acceptors (Lipinski definition) is 5. The van der Waals surface area contributed by atoms with Crippen LogP contribution in [-0.2, 0) is 4.79 Å².